The van der Waals surface area contributed by atoms with Crippen LogP contribution in [0.5, 0.6) is 5.75 Å². The summed E-state index contributed by atoms with van der Waals surface area (Å²) in [4.78, 5) is 8.72. The standard InChI is InChI=1S/C15H19N3OS/c1-10-8-9-17-15(18-10)20-14(11(2)16)12-4-6-13(19-3)7-5-12/h4-9,11,14H,16H2,1-3H3. The first-order valence-electron chi connectivity index (χ1n) is 6.46. The van der Waals surface area contributed by atoms with Crippen LogP contribution in [0.15, 0.2) is 41.7 Å². The van der Waals surface area contributed by atoms with Crippen molar-refractivity contribution in [3.63, 3.8) is 0 Å². The second kappa shape index (κ2) is 6.72. The van der Waals surface area contributed by atoms with Crippen molar-refractivity contribution < 1.29 is 4.74 Å². The van der Waals surface area contributed by atoms with Crippen LogP contribution < -0.4 is 10.5 Å². The van der Waals surface area contributed by atoms with E-state index in [0.717, 1.165) is 22.2 Å². The van der Waals surface area contributed by atoms with Gasteiger partial charge in [-0.1, -0.05) is 23.9 Å². The lowest BCUT2D eigenvalue weighted by Crippen LogP contribution is -2.22. The predicted octanol–water partition coefficient (Wildman–Crippen LogP) is 2.97. The minimum absolute atomic E-state index is 0.00231. The molecule has 2 N–H and O–H groups in total. The van der Waals surface area contributed by atoms with E-state index in [-0.39, 0.29) is 11.3 Å². The molecule has 2 unspecified atom stereocenters. The van der Waals surface area contributed by atoms with E-state index in [2.05, 4.69) is 9.97 Å². The van der Waals surface area contributed by atoms with Crippen molar-refractivity contribution >= 4 is 11.8 Å². The number of hydrogen-bond donors (Lipinski definition) is 1. The van der Waals surface area contributed by atoms with E-state index < -0.39 is 0 Å². The summed E-state index contributed by atoms with van der Waals surface area (Å²) in [7, 11) is 1.66. The molecule has 0 amide bonds. The van der Waals surface area contributed by atoms with E-state index in [0.29, 0.717) is 0 Å². The van der Waals surface area contributed by atoms with Crippen molar-refractivity contribution in [1.82, 2.24) is 9.97 Å². The van der Waals surface area contributed by atoms with Crippen molar-refractivity contribution in [3.05, 3.63) is 47.8 Å². The number of nitrogens with zero attached hydrogens (tertiary/aromatic N) is 2. The van der Waals surface area contributed by atoms with Gasteiger partial charge in [0.1, 0.15) is 5.75 Å². The number of methoxy groups -OCH3 is 1. The fourth-order valence-corrected chi connectivity index (χ4v) is 2.92. The summed E-state index contributed by atoms with van der Waals surface area (Å²) in [6, 6.07) is 9.85. The van der Waals surface area contributed by atoms with Gasteiger partial charge >= 0.3 is 0 Å². The first-order valence-corrected chi connectivity index (χ1v) is 7.34. The van der Waals surface area contributed by atoms with Gasteiger partial charge in [-0.05, 0) is 37.6 Å². The molecule has 5 heteroatoms. The van der Waals surface area contributed by atoms with E-state index >= 15 is 0 Å². The van der Waals surface area contributed by atoms with Gasteiger partial charge in [0.05, 0.1) is 12.4 Å². The van der Waals surface area contributed by atoms with Gasteiger partial charge in [-0.25, -0.2) is 9.97 Å². The Morgan fingerprint density at radius 1 is 1.20 bits per heavy atom. The van der Waals surface area contributed by atoms with Gasteiger partial charge in [0, 0.05) is 17.9 Å². The van der Waals surface area contributed by atoms with Crippen LogP contribution in [0, 0.1) is 6.92 Å². The molecule has 0 radical (unpaired) electrons. The number of thioether (sulfide) groups is 1. The Kier molecular flexibility index (Phi) is 4.98. The Balaban J connectivity index is 2.22. The third kappa shape index (κ3) is 3.71. The lowest BCUT2D eigenvalue weighted by atomic mass is 10.1. The maximum absolute atomic E-state index is 6.12. The summed E-state index contributed by atoms with van der Waals surface area (Å²) in [5.74, 6) is 0.842. The molecule has 0 fully saturated rings. The fraction of sp³-hybridized carbons (Fsp3) is 0.333. The molecule has 0 saturated heterocycles. The topological polar surface area (TPSA) is 61.0 Å². The van der Waals surface area contributed by atoms with Gasteiger partial charge in [0.2, 0.25) is 0 Å². The monoisotopic (exact) mass is 289 g/mol. The third-order valence-corrected chi connectivity index (χ3v) is 4.29. The highest BCUT2D eigenvalue weighted by atomic mass is 32.2. The first-order chi connectivity index (χ1) is 9.60. The predicted molar refractivity (Wildman–Crippen MR) is 82.0 cm³/mol. The van der Waals surface area contributed by atoms with Crippen LogP contribution in [0.4, 0.5) is 0 Å². The quantitative estimate of drug-likeness (QED) is 0.677. The molecule has 2 rings (SSSR count). The molecule has 0 aliphatic carbocycles. The smallest absolute Gasteiger partial charge is 0.188 e. The van der Waals surface area contributed by atoms with Crippen LogP contribution in [-0.2, 0) is 0 Å². The molecule has 20 heavy (non-hydrogen) atoms. The largest absolute Gasteiger partial charge is 0.497 e. The van der Waals surface area contributed by atoms with Crippen LogP contribution in [0.1, 0.15) is 23.4 Å². The molecule has 1 aromatic carbocycles. The number of rotatable bonds is 5. The lowest BCUT2D eigenvalue weighted by Gasteiger charge is -2.20. The summed E-state index contributed by atoms with van der Waals surface area (Å²) in [5, 5.41) is 0.867. The van der Waals surface area contributed by atoms with Gasteiger partial charge in [-0.2, -0.15) is 0 Å². The van der Waals surface area contributed by atoms with Gasteiger partial charge in [0.15, 0.2) is 5.16 Å². The second-order valence-electron chi connectivity index (χ2n) is 4.65. The highest BCUT2D eigenvalue weighted by molar-refractivity contribution is 7.99. The Morgan fingerprint density at radius 3 is 2.45 bits per heavy atom. The molecule has 2 atom stereocenters. The van der Waals surface area contributed by atoms with Gasteiger partial charge in [0.25, 0.3) is 0 Å². The summed E-state index contributed by atoms with van der Waals surface area (Å²) < 4.78 is 5.18. The maximum atomic E-state index is 6.12. The minimum atomic E-state index is -0.00231. The molecule has 1 heterocycles. The maximum Gasteiger partial charge on any atom is 0.188 e. The first kappa shape index (κ1) is 14.8. The van der Waals surface area contributed by atoms with Crippen LogP contribution in [-0.4, -0.2) is 23.1 Å². The van der Waals surface area contributed by atoms with E-state index in [1.165, 1.54) is 0 Å². The van der Waals surface area contributed by atoms with Crippen molar-refractivity contribution in [2.75, 3.05) is 7.11 Å². The fourth-order valence-electron chi connectivity index (χ4n) is 1.87. The molecule has 2 aromatic rings. The average Bonchev–Trinajstić information content (AvgIpc) is 2.45. The molecule has 4 nitrogen and oxygen atoms in total. The Labute approximate surface area is 123 Å². The van der Waals surface area contributed by atoms with Gasteiger partial charge in [-0.3, -0.25) is 0 Å². The number of nitrogens with two attached hydrogens (primary N) is 1. The Morgan fingerprint density at radius 2 is 1.90 bits per heavy atom. The lowest BCUT2D eigenvalue weighted by molar-refractivity contribution is 0.414. The van der Waals surface area contributed by atoms with E-state index in [1.807, 2.05) is 44.2 Å². The molecule has 0 aliphatic heterocycles. The van der Waals surface area contributed by atoms with E-state index in [4.69, 9.17) is 10.5 Å². The highest BCUT2D eigenvalue weighted by Gasteiger charge is 2.19. The SMILES string of the molecule is COc1ccc(C(Sc2nccc(C)n2)C(C)N)cc1. The zero-order valence-corrected chi connectivity index (χ0v) is 12.7. The number of ether oxygens (including phenoxy) is 1. The highest BCUT2D eigenvalue weighted by Crippen LogP contribution is 2.35. The van der Waals surface area contributed by atoms with Crippen LogP contribution in [0.3, 0.4) is 0 Å². The molecular weight excluding hydrogens is 270 g/mol. The van der Waals surface area contributed by atoms with Gasteiger partial charge < -0.3 is 10.5 Å². The molecular formula is C15H19N3OS. The number of benzene rings is 1. The average molecular weight is 289 g/mol. The summed E-state index contributed by atoms with van der Waals surface area (Å²) >= 11 is 1.59. The van der Waals surface area contributed by atoms with Crippen molar-refractivity contribution in [2.45, 2.75) is 30.3 Å². The number of hydrogen-bond acceptors (Lipinski definition) is 5. The third-order valence-electron chi connectivity index (χ3n) is 2.93. The number of aromatic nitrogens is 2. The summed E-state index contributed by atoms with van der Waals surface area (Å²) in [5.41, 5.74) is 8.23. The van der Waals surface area contributed by atoms with Crippen LogP contribution in [0.2, 0.25) is 0 Å². The molecule has 0 bridgehead atoms. The van der Waals surface area contributed by atoms with Crippen LogP contribution >= 0.6 is 11.8 Å². The summed E-state index contributed by atoms with van der Waals surface area (Å²) in [6.07, 6.45) is 1.77. The second-order valence-corrected chi connectivity index (χ2v) is 5.76. The Bertz CT molecular complexity index is 557. The molecule has 0 saturated carbocycles. The minimum Gasteiger partial charge on any atom is -0.497 e. The van der Waals surface area contributed by atoms with Crippen molar-refractivity contribution in [1.29, 1.82) is 0 Å². The number of aryl methyl sites for hydroxylation is 1. The van der Waals surface area contributed by atoms with E-state index in [1.54, 1.807) is 25.1 Å². The van der Waals surface area contributed by atoms with Crippen LogP contribution in [0.25, 0.3) is 0 Å². The zero-order valence-electron chi connectivity index (χ0n) is 11.9. The zero-order chi connectivity index (χ0) is 14.5. The van der Waals surface area contributed by atoms with E-state index in [9.17, 15) is 0 Å². The Hall–Kier alpha value is -1.59. The molecule has 0 aliphatic rings. The summed E-state index contributed by atoms with van der Waals surface area (Å²) in [6.45, 7) is 3.96. The van der Waals surface area contributed by atoms with Gasteiger partial charge in [-0.15, -0.1) is 0 Å². The normalized spacial score (nSPS) is 13.8. The molecule has 106 valence electrons. The van der Waals surface area contributed by atoms with Crippen molar-refractivity contribution in [2.24, 2.45) is 5.73 Å². The van der Waals surface area contributed by atoms with Crippen molar-refractivity contribution in [3.8, 4) is 5.75 Å². The molecule has 1 aromatic heterocycles. The molecule has 0 spiro atoms.